The van der Waals surface area contributed by atoms with Gasteiger partial charge < -0.3 is 25.8 Å². The Morgan fingerprint density at radius 2 is 1.91 bits per heavy atom. The number of hydrogen-bond donors (Lipinski definition) is 2. The minimum absolute atomic E-state index is 0. The number of rotatable bonds is 3. The van der Waals surface area contributed by atoms with Crippen LogP contribution in [-0.2, 0) is 20.7 Å². The summed E-state index contributed by atoms with van der Waals surface area (Å²) in [5.41, 5.74) is 7.72. The van der Waals surface area contributed by atoms with Gasteiger partial charge in [-0.05, 0) is 29.8 Å². The summed E-state index contributed by atoms with van der Waals surface area (Å²) in [7, 11) is 0. The van der Waals surface area contributed by atoms with Gasteiger partial charge in [0.1, 0.15) is 5.82 Å². The largest absolute Gasteiger partial charge is 0.491 e. The van der Waals surface area contributed by atoms with E-state index in [2.05, 4.69) is 14.7 Å². The number of carbonyl (C=O) groups excluding carboxylic acids is 3. The number of para-hydroxylation sites is 1. The molecule has 0 radical (unpaired) electrons. The first-order valence-electron chi connectivity index (χ1n) is 9.12. The fraction of sp³-hybridized carbons (Fsp3) is 0.200. The number of alkyl halides is 3. The third-order valence-corrected chi connectivity index (χ3v) is 4.89. The summed E-state index contributed by atoms with van der Waals surface area (Å²) >= 11 is 0. The van der Waals surface area contributed by atoms with E-state index in [0.29, 0.717) is 23.3 Å². The molecule has 0 saturated heterocycles. The Hall–Kier alpha value is -3.77. The molecule has 0 aliphatic carbocycles. The van der Waals surface area contributed by atoms with Crippen LogP contribution in [0.15, 0.2) is 42.5 Å². The molecule has 3 aromatic rings. The van der Waals surface area contributed by atoms with Crippen LogP contribution in [0.4, 0.5) is 18.9 Å². The average Bonchev–Trinajstić information content (AvgIpc) is 3.33. The molecule has 168 valence electrons. The van der Waals surface area contributed by atoms with Crippen molar-refractivity contribution >= 4 is 34.6 Å². The zero-order chi connectivity index (χ0) is 22.3. The van der Waals surface area contributed by atoms with Crippen molar-refractivity contribution in [3.63, 3.8) is 0 Å². The van der Waals surface area contributed by atoms with Crippen LogP contribution in [0, 0.1) is 0 Å². The molecule has 0 saturated carbocycles. The minimum atomic E-state index is -5.28. The average molecular weight is 450 g/mol. The van der Waals surface area contributed by atoms with E-state index in [9.17, 15) is 27.6 Å². The second kappa shape index (κ2) is 8.40. The van der Waals surface area contributed by atoms with Gasteiger partial charge in [0.05, 0.1) is 29.2 Å². The van der Waals surface area contributed by atoms with Crippen LogP contribution in [0.25, 0.3) is 11.0 Å². The van der Waals surface area contributed by atoms with Gasteiger partial charge in [-0.15, -0.1) is 0 Å². The van der Waals surface area contributed by atoms with E-state index < -0.39 is 24.2 Å². The topological polar surface area (TPSA) is 150 Å². The summed E-state index contributed by atoms with van der Waals surface area (Å²) in [6.45, 7) is -0.200. The number of hydrogen-bond acceptors (Lipinski definition) is 6. The smallest absolute Gasteiger partial charge is 0.412 e. The number of benzene rings is 2. The fourth-order valence-electron chi connectivity index (χ4n) is 3.53. The van der Waals surface area contributed by atoms with E-state index >= 15 is 0 Å². The van der Waals surface area contributed by atoms with Gasteiger partial charge in [-0.2, -0.15) is 13.2 Å². The molecule has 1 aromatic heterocycles. The van der Waals surface area contributed by atoms with E-state index in [-0.39, 0.29) is 23.5 Å². The zero-order valence-corrected chi connectivity index (χ0v) is 16.3. The highest BCUT2D eigenvalue weighted by atomic mass is 19.4. The number of imidazole rings is 1. The predicted octanol–water partition coefficient (Wildman–Crippen LogP) is 1.57. The number of amides is 1. The molecule has 9 nitrogen and oxygen atoms in total. The van der Waals surface area contributed by atoms with E-state index in [1.807, 2.05) is 12.1 Å². The molecule has 1 amide bonds. The highest BCUT2D eigenvalue weighted by molar-refractivity contribution is 6.00. The van der Waals surface area contributed by atoms with Crippen molar-refractivity contribution in [2.45, 2.75) is 18.6 Å². The van der Waals surface area contributed by atoms with Gasteiger partial charge in [-0.3, -0.25) is 4.79 Å². The van der Waals surface area contributed by atoms with Crippen molar-refractivity contribution in [2.75, 3.05) is 11.4 Å². The lowest BCUT2D eigenvalue weighted by atomic mass is 10.1. The highest BCUT2D eigenvalue weighted by Crippen LogP contribution is 2.39. The number of anilines is 1. The number of fused-ring (bicyclic) bond motifs is 2. The van der Waals surface area contributed by atoms with Crippen LogP contribution >= 0.6 is 0 Å². The molecule has 5 N–H and O–H groups in total. The van der Waals surface area contributed by atoms with Gasteiger partial charge >= 0.3 is 18.1 Å². The van der Waals surface area contributed by atoms with Gasteiger partial charge in [-0.25, -0.2) is 14.6 Å². The van der Waals surface area contributed by atoms with Gasteiger partial charge in [0.25, 0.3) is 0 Å². The summed E-state index contributed by atoms with van der Waals surface area (Å²) < 4.78 is 40.8. The third kappa shape index (κ3) is 4.05. The van der Waals surface area contributed by atoms with E-state index in [4.69, 9.17) is 5.73 Å². The van der Waals surface area contributed by atoms with Gasteiger partial charge in [0.2, 0.25) is 5.91 Å². The zero-order valence-electron chi connectivity index (χ0n) is 16.3. The number of nitrogens with zero attached hydrogens (tertiary/aromatic N) is 2. The Kier molecular flexibility index (Phi) is 6.01. The third-order valence-electron chi connectivity index (χ3n) is 4.89. The Balaban J connectivity index is 0.00000289. The second-order valence-electron chi connectivity index (χ2n) is 6.85. The predicted molar refractivity (Wildman–Crippen MR) is 106 cm³/mol. The standard InChI is InChI=1S/C20H15F3N4O4.H2O/c21-20(22,23)19(30)31-18(29)11-5-6-12-13(7-11)26-17(25-12)15-8-10-3-1-2-4-14(10)27(15)16(28)9-24;/h1-7,15H,8-9,24H2,(H,25,26);1H2. The maximum absolute atomic E-state index is 12.5. The number of H-pyrrole nitrogens is 1. The molecule has 4 rings (SSSR count). The summed E-state index contributed by atoms with van der Waals surface area (Å²) in [6.07, 6.45) is -4.80. The molecule has 12 heteroatoms. The first-order valence-corrected chi connectivity index (χ1v) is 9.12. The number of aromatic nitrogens is 2. The normalized spacial score (nSPS) is 15.2. The number of nitrogens with one attached hydrogen (secondary N) is 1. The molecule has 32 heavy (non-hydrogen) atoms. The lowest BCUT2D eigenvalue weighted by Gasteiger charge is -2.23. The summed E-state index contributed by atoms with van der Waals surface area (Å²) in [5.74, 6) is -3.91. The first-order chi connectivity index (χ1) is 14.7. The maximum Gasteiger partial charge on any atom is 0.491 e. The fourth-order valence-corrected chi connectivity index (χ4v) is 3.53. The molecule has 2 heterocycles. The van der Waals surface area contributed by atoms with Crippen LogP contribution < -0.4 is 10.6 Å². The molecule has 2 aromatic carbocycles. The summed E-state index contributed by atoms with van der Waals surface area (Å²) in [4.78, 5) is 44.3. The van der Waals surface area contributed by atoms with Crippen LogP contribution in [0.5, 0.6) is 0 Å². The quantitative estimate of drug-likeness (QED) is 0.457. The molecule has 0 spiro atoms. The lowest BCUT2D eigenvalue weighted by molar-refractivity contribution is -0.193. The molecule has 0 fully saturated rings. The van der Waals surface area contributed by atoms with Gasteiger partial charge in [0.15, 0.2) is 0 Å². The van der Waals surface area contributed by atoms with Crippen molar-refractivity contribution in [1.82, 2.24) is 9.97 Å². The van der Waals surface area contributed by atoms with Crippen LogP contribution in [0.1, 0.15) is 27.8 Å². The van der Waals surface area contributed by atoms with Crippen LogP contribution in [0.2, 0.25) is 0 Å². The monoisotopic (exact) mass is 450 g/mol. The van der Waals surface area contributed by atoms with E-state index in [1.54, 1.807) is 17.0 Å². The maximum atomic E-state index is 12.5. The molecule has 1 unspecified atom stereocenters. The number of aromatic amines is 1. The summed E-state index contributed by atoms with van der Waals surface area (Å²) in [6, 6.07) is 10.7. The molecule has 0 bridgehead atoms. The number of carbonyl (C=O) groups is 3. The Labute approximate surface area is 178 Å². The summed E-state index contributed by atoms with van der Waals surface area (Å²) in [5, 5.41) is 0. The molecular formula is C20H17F3N4O5. The van der Waals surface area contributed by atoms with Crippen molar-refractivity contribution in [3.8, 4) is 0 Å². The SMILES string of the molecule is NCC(=O)N1c2ccccc2CC1c1nc2ccc(C(=O)OC(=O)C(F)(F)F)cc2[nH]1.O. The lowest BCUT2D eigenvalue weighted by Crippen LogP contribution is -2.37. The van der Waals surface area contributed by atoms with Crippen molar-refractivity contribution < 1.29 is 37.8 Å². The Morgan fingerprint density at radius 1 is 1.19 bits per heavy atom. The molecule has 1 aliphatic heterocycles. The molecule has 1 atom stereocenters. The van der Waals surface area contributed by atoms with E-state index in [0.717, 1.165) is 11.3 Å². The van der Waals surface area contributed by atoms with Crippen LogP contribution in [0.3, 0.4) is 0 Å². The molecule has 1 aliphatic rings. The van der Waals surface area contributed by atoms with Crippen LogP contribution in [-0.4, -0.2) is 46.0 Å². The number of nitrogens with two attached hydrogens (primary N) is 1. The Morgan fingerprint density at radius 3 is 2.59 bits per heavy atom. The van der Waals surface area contributed by atoms with E-state index in [1.165, 1.54) is 18.2 Å². The number of ether oxygens (including phenoxy) is 1. The first kappa shape index (κ1) is 22.9. The van der Waals surface area contributed by atoms with Crippen molar-refractivity contribution in [3.05, 3.63) is 59.4 Å². The Bertz CT molecular complexity index is 1210. The van der Waals surface area contributed by atoms with Gasteiger partial charge in [0, 0.05) is 12.1 Å². The van der Waals surface area contributed by atoms with Crippen molar-refractivity contribution in [1.29, 1.82) is 0 Å². The van der Waals surface area contributed by atoms with Crippen molar-refractivity contribution in [2.24, 2.45) is 5.73 Å². The molecular weight excluding hydrogens is 433 g/mol. The minimum Gasteiger partial charge on any atom is -0.412 e. The van der Waals surface area contributed by atoms with Gasteiger partial charge in [-0.1, -0.05) is 18.2 Å². The number of halogens is 3. The second-order valence-corrected chi connectivity index (χ2v) is 6.85. The number of esters is 2. The highest BCUT2D eigenvalue weighted by Gasteiger charge is 2.42.